The highest BCUT2D eigenvalue weighted by molar-refractivity contribution is 5.69. The van der Waals surface area contributed by atoms with E-state index in [9.17, 15) is 9.90 Å². The maximum atomic E-state index is 12.3. The van der Waals surface area contributed by atoms with Crippen molar-refractivity contribution in [2.75, 3.05) is 6.61 Å². The number of unbranched alkanes of at least 4 members (excludes halogenated alkanes) is 1. The largest absolute Gasteiger partial charge is 0.446 e. The van der Waals surface area contributed by atoms with Crippen molar-refractivity contribution in [3.05, 3.63) is 71.8 Å². The highest BCUT2D eigenvalue weighted by atomic mass is 16.6. The Morgan fingerprint density at radius 2 is 1.81 bits per heavy atom. The van der Waals surface area contributed by atoms with E-state index >= 15 is 0 Å². The van der Waals surface area contributed by atoms with E-state index in [-0.39, 0.29) is 18.2 Å². The summed E-state index contributed by atoms with van der Waals surface area (Å²) in [5.41, 5.74) is 5.38. The van der Waals surface area contributed by atoms with Crippen LogP contribution in [-0.4, -0.2) is 35.0 Å². The Bertz CT molecular complexity index is 708. The maximum absolute atomic E-state index is 12.3. The van der Waals surface area contributed by atoms with E-state index in [0.29, 0.717) is 19.4 Å². The summed E-state index contributed by atoms with van der Waals surface area (Å²) < 4.78 is 5.29. The van der Waals surface area contributed by atoms with Crippen molar-refractivity contribution in [2.24, 2.45) is 0 Å². The van der Waals surface area contributed by atoms with Gasteiger partial charge >= 0.3 is 6.09 Å². The summed E-state index contributed by atoms with van der Waals surface area (Å²) in [5, 5.41) is 12.3. The lowest BCUT2D eigenvalue weighted by atomic mass is 9.98. The Kier molecular flexibility index (Phi) is 6.85. The summed E-state index contributed by atoms with van der Waals surface area (Å²) in [6.45, 7) is 2.44. The van der Waals surface area contributed by atoms with Gasteiger partial charge in [0.15, 0.2) is 0 Å². The van der Waals surface area contributed by atoms with Crippen molar-refractivity contribution in [1.82, 2.24) is 10.4 Å². The number of aliphatic hydroxyl groups excluding tert-OH is 1. The highest BCUT2D eigenvalue weighted by Gasteiger charge is 2.36. The van der Waals surface area contributed by atoms with Gasteiger partial charge in [0.2, 0.25) is 0 Å². The number of benzene rings is 2. The topological polar surface area (TPSA) is 61.8 Å². The second-order valence-electron chi connectivity index (χ2n) is 7.02. The number of cyclic esters (lactones) is 1. The molecule has 0 bridgehead atoms. The molecule has 5 nitrogen and oxygen atoms in total. The number of hydrazine groups is 1. The van der Waals surface area contributed by atoms with Gasteiger partial charge in [-0.15, -0.1) is 0 Å². The SMILES string of the molecule is CCCCC(O)C(NN1C(=O)OC[C@@H]1Cc1ccccc1)c1ccccc1. The normalized spacial score (nSPS) is 19.0. The van der Waals surface area contributed by atoms with Crippen molar-refractivity contribution in [3.63, 3.8) is 0 Å². The number of aliphatic hydroxyl groups is 1. The standard InChI is InChI=1S/C22H28N2O3/c1-2-3-14-20(25)21(18-12-8-5-9-13-18)23-24-19(16-27-22(24)26)15-17-10-6-4-7-11-17/h4-13,19-21,23,25H,2-3,14-16H2,1H3/t19-,20?,21?/m0/s1. The van der Waals surface area contributed by atoms with Crippen molar-refractivity contribution >= 4 is 6.09 Å². The van der Waals surface area contributed by atoms with Crippen LogP contribution in [0.3, 0.4) is 0 Å². The van der Waals surface area contributed by atoms with Gasteiger partial charge in [-0.1, -0.05) is 80.4 Å². The van der Waals surface area contributed by atoms with E-state index in [1.807, 2.05) is 60.7 Å². The predicted octanol–water partition coefficient (Wildman–Crippen LogP) is 3.85. The summed E-state index contributed by atoms with van der Waals surface area (Å²) in [4.78, 5) is 12.3. The van der Waals surface area contributed by atoms with Gasteiger partial charge in [-0.05, 0) is 24.0 Å². The third kappa shape index (κ3) is 5.08. The van der Waals surface area contributed by atoms with Crippen LogP contribution in [0.1, 0.15) is 43.4 Å². The van der Waals surface area contributed by atoms with E-state index in [1.165, 1.54) is 0 Å². The Labute approximate surface area is 160 Å². The number of carbonyl (C=O) groups excluding carboxylic acids is 1. The van der Waals surface area contributed by atoms with Crippen LogP contribution in [0.2, 0.25) is 0 Å². The zero-order chi connectivity index (χ0) is 19.1. The monoisotopic (exact) mass is 368 g/mol. The van der Waals surface area contributed by atoms with E-state index in [1.54, 1.807) is 5.01 Å². The molecule has 1 aliphatic heterocycles. The number of hydrogen-bond acceptors (Lipinski definition) is 4. The van der Waals surface area contributed by atoms with Crippen LogP contribution in [0.25, 0.3) is 0 Å². The molecule has 3 atom stereocenters. The lowest BCUT2D eigenvalue weighted by Crippen LogP contribution is -2.50. The molecule has 1 saturated heterocycles. The minimum atomic E-state index is -0.585. The van der Waals surface area contributed by atoms with Crippen LogP contribution < -0.4 is 5.43 Å². The molecule has 2 unspecified atom stereocenters. The molecule has 3 rings (SSSR count). The summed E-state index contributed by atoms with van der Waals surface area (Å²) in [6, 6.07) is 19.4. The summed E-state index contributed by atoms with van der Waals surface area (Å²) in [5.74, 6) is 0. The molecule has 1 aliphatic rings. The van der Waals surface area contributed by atoms with E-state index < -0.39 is 6.10 Å². The van der Waals surface area contributed by atoms with Crippen LogP contribution in [0, 0.1) is 0 Å². The van der Waals surface area contributed by atoms with Crippen LogP contribution in [0.4, 0.5) is 4.79 Å². The second kappa shape index (κ2) is 9.53. The molecular weight excluding hydrogens is 340 g/mol. The fourth-order valence-electron chi connectivity index (χ4n) is 3.43. The number of nitrogens with zero attached hydrogens (tertiary/aromatic N) is 1. The lowest BCUT2D eigenvalue weighted by Gasteiger charge is -2.31. The summed E-state index contributed by atoms with van der Waals surface area (Å²) in [6.07, 6.45) is 2.35. The van der Waals surface area contributed by atoms with Gasteiger partial charge in [0.1, 0.15) is 6.61 Å². The lowest BCUT2D eigenvalue weighted by molar-refractivity contribution is 0.0636. The number of ether oxygens (including phenoxy) is 1. The Hall–Kier alpha value is -2.37. The fourth-order valence-corrected chi connectivity index (χ4v) is 3.43. The Balaban J connectivity index is 1.76. The van der Waals surface area contributed by atoms with E-state index in [2.05, 4.69) is 12.3 Å². The average molecular weight is 368 g/mol. The zero-order valence-electron chi connectivity index (χ0n) is 15.8. The first-order valence-electron chi connectivity index (χ1n) is 9.68. The van der Waals surface area contributed by atoms with E-state index in [4.69, 9.17) is 4.74 Å². The third-order valence-electron chi connectivity index (χ3n) is 4.95. The van der Waals surface area contributed by atoms with Crippen LogP contribution in [-0.2, 0) is 11.2 Å². The Morgan fingerprint density at radius 3 is 2.48 bits per heavy atom. The fraction of sp³-hybridized carbons (Fsp3) is 0.409. The first-order valence-corrected chi connectivity index (χ1v) is 9.68. The smallest absolute Gasteiger partial charge is 0.424 e. The number of hydrogen-bond donors (Lipinski definition) is 2. The second-order valence-corrected chi connectivity index (χ2v) is 7.02. The molecule has 144 valence electrons. The number of rotatable bonds is 9. The first-order chi connectivity index (χ1) is 13.2. The van der Waals surface area contributed by atoms with Gasteiger partial charge in [0.05, 0.1) is 18.2 Å². The molecule has 2 N–H and O–H groups in total. The van der Waals surface area contributed by atoms with Gasteiger partial charge in [0.25, 0.3) is 0 Å². The van der Waals surface area contributed by atoms with E-state index in [0.717, 1.165) is 24.0 Å². The molecule has 5 heteroatoms. The molecule has 2 aromatic rings. The van der Waals surface area contributed by atoms with Crippen molar-refractivity contribution in [3.8, 4) is 0 Å². The molecule has 0 spiro atoms. The van der Waals surface area contributed by atoms with Crippen molar-refractivity contribution in [1.29, 1.82) is 0 Å². The van der Waals surface area contributed by atoms with Crippen molar-refractivity contribution < 1.29 is 14.6 Å². The van der Waals surface area contributed by atoms with Gasteiger partial charge in [-0.25, -0.2) is 15.2 Å². The zero-order valence-corrected chi connectivity index (χ0v) is 15.8. The van der Waals surface area contributed by atoms with Gasteiger partial charge < -0.3 is 9.84 Å². The van der Waals surface area contributed by atoms with Crippen LogP contribution >= 0.6 is 0 Å². The molecule has 0 radical (unpaired) electrons. The van der Waals surface area contributed by atoms with Gasteiger partial charge in [0, 0.05) is 0 Å². The molecule has 1 amide bonds. The molecule has 1 fully saturated rings. The van der Waals surface area contributed by atoms with Crippen molar-refractivity contribution in [2.45, 2.75) is 50.8 Å². The molecular formula is C22H28N2O3. The molecule has 1 heterocycles. The number of carbonyl (C=O) groups is 1. The first kappa shape index (κ1) is 19.4. The highest BCUT2D eigenvalue weighted by Crippen LogP contribution is 2.24. The summed E-state index contributed by atoms with van der Waals surface area (Å²) >= 11 is 0. The molecule has 27 heavy (non-hydrogen) atoms. The minimum Gasteiger partial charge on any atom is -0.446 e. The number of nitrogens with one attached hydrogen (secondary N) is 1. The third-order valence-corrected chi connectivity index (χ3v) is 4.95. The average Bonchev–Trinajstić information content (AvgIpc) is 3.05. The molecule has 0 saturated carbocycles. The van der Waals surface area contributed by atoms with Gasteiger partial charge in [-0.2, -0.15) is 0 Å². The summed E-state index contributed by atoms with van der Waals surface area (Å²) in [7, 11) is 0. The minimum absolute atomic E-state index is 0.107. The van der Waals surface area contributed by atoms with Crippen LogP contribution in [0.15, 0.2) is 60.7 Å². The van der Waals surface area contributed by atoms with Gasteiger partial charge in [-0.3, -0.25) is 0 Å². The number of amides is 1. The molecule has 0 aromatic heterocycles. The Morgan fingerprint density at radius 1 is 1.15 bits per heavy atom. The predicted molar refractivity (Wildman–Crippen MR) is 105 cm³/mol. The molecule has 2 aromatic carbocycles. The van der Waals surface area contributed by atoms with Crippen LogP contribution in [0.5, 0.6) is 0 Å². The quantitative estimate of drug-likeness (QED) is 0.706. The molecule has 0 aliphatic carbocycles. The maximum Gasteiger partial charge on any atom is 0.424 e.